The minimum Gasteiger partial charge on any atom is -0.336 e. The molecule has 5 nitrogen and oxygen atoms in total. The van der Waals surface area contributed by atoms with Gasteiger partial charge in [0.15, 0.2) is 5.03 Å². The monoisotopic (exact) mass is 349 g/mol. The second-order valence-electron chi connectivity index (χ2n) is 4.79. The lowest BCUT2D eigenvalue weighted by Crippen LogP contribution is -2.44. The van der Waals surface area contributed by atoms with Gasteiger partial charge in [0.2, 0.25) is 0 Å². The third kappa shape index (κ3) is 3.20. The Morgan fingerprint density at radius 2 is 2.26 bits per heavy atom. The van der Waals surface area contributed by atoms with E-state index in [9.17, 15) is 8.42 Å². The summed E-state index contributed by atoms with van der Waals surface area (Å²) in [6.07, 6.45) is 7.08. The van der Waals surface area contributed by atoms with Crippen molar-refractivity contribution >= 4 is 26.0 Å². The number of aromatic nitrogens is 2. The molecule has 0 bridgehead atoms. The Morgan fingerprint density at radius 1 is 1.53 bits per heavy atom. The van der Waals surface area contributed by atoms with E-state index in [0.717, 1.165) is 37.6 Å². The Labute approximate surface area is 123 Å². The summed E-state index contributed by atoms with van der Waals surface area (Å²) in [4.78, 5) is 4.05. The van der Waals surface area contributed by atoms with Gasteiger partial charge in [0.05, 0.1) is 6.33 Å². The van der Waals surface area contributed by atoms with Crippen LogP contribution in [-0.4, -0.2) is 40.2 Å². The van der Waals surface area contributed by atoms with Crippen molar-refractivity contribution in [2.75, 3.05) is 11.9 Å². The molecule has 0 saturated heterocycles. The van der Waals surface area contributed by atoms with Crippen LogP contribution in [0.2, 0.25) is 0 Å². The molecule has 1 aromatic rings. The Kier molecular flexibility index (Phi) is 5.03. The van der Waals surface area contributed by atoms with E-state index in [-0.39, 0.29) is 11.1 Å². The lowest BCUT2D eigenvalue weighted by atomic mass is 9.93. The molecule has 0 aromatic carbocycles. The van der Waals surface area contributed by atoms with Gasteiger partial charge in [-0.1, -0.05) is 22.4 Å². The van der Waals surface area contributed by atoms with Gasteiger partial charge >= 0.3 is 0 Å². The van der Waals surface area contributed by atoms with Gasteiger partial charge in [-0.05, 0) is 26.2 Å². The van der Waals surface area contributed by atoms with Crippen LogP contribution in [0.4, 0.5) is 0 Å². The van der Waals surface area contributed by atoms with Crippen molar-refractivity contribution < 1.29 is 8.42 Å². The van der Waals surface area contributed by atoms with E-state index >= 15 is 0 Å². The van der Waals surface area contributed by atoms with Gasteiger partial charge in [-0.25, -0.2) is 13.4 Å². The highest BCUT2D eigenvalue weighted by Crippen LogP contribution is 2.29. The fourth-order valence-electron chi connectivity index (χ4n) is 2.16. The predicted molar refractivity (Wildman–Crippen MR) is 77.8 cm³/mol. The fourth-order valence-corrected chi connectivity index (χ4v) is 4.07. The summed E-state index contributed by atoms with van der Waals surface area (Å²) in [5, 5.41) is 0.991. The van der Waals surface area contributed by atoms with Crippen LogP contribution >= 0.6 is 15.9 Å². The largest absolute Gasteiger partial charge is 0.336 e. The minimum absolute atomic E-state index is 0.163. The van der Waals surface area contributed by atoms with Crippen LogP contribution in [0.5, 0.6) is 0 Å². The number of hydrogen-bond donors (Lipinski definition) is 0. The first-order valence-electron chi connectivity index (χ1n) is 6.69. The molecule has 0 N–H and O–H groups in total. The van der Waals surface area contributed by atoms with Crippen molar-refractivity contribution in [3.05, 3.63) is 12.5 Å². The number of alkyl halides is 1. The van der Waals surface area contributed by atoms with Crippen molar-refractivity contribution in [3.63, 3.8) is 0 Å². The molecule has 1 fully saturated rings. The molecule has 0 atom stereocenters. The fraction of sp³-hybridized carbons (Fsp3) is 0.750. The van der Waals surface area contributed by atoms with Gasteiger partial charge in [-0.3, -0.25) is 0 Å². The van der Waals surface area contributed by atoms with Crippen LogP contribution < -0.4 is 0 Å². The lowest BCUT2D eigenvalue weighted by molar-refractivity contribution is 0.219. The molecule has 108 valence electrons. The number of imidazole rings is 1. The number of halogens is 1. The molecule has 2 rings (SSSR count). The third-order valence-corrected chi connectivity index (χ3v) is 5.94. The second kappa shape index (κ2) is 6.37. The molecule has 0 spiro atoms. The highest BCUT2D eigenvalue weighted by molar-refractivity contribution is 9.09. The highest BCUT2D eigenvalue weighted by atomic mass is 79.9. The van der Waals surface area contributed by atoms with Crippen LogP contribution in [-0.2, 0) is 16.6 Å². The van der Waals surface area contributed by atoms with Crippen LogP contribution in [0, 0.1) is 0 Å². The Morgan fingerprint density at radius 3 is 2.74 bits per heavy atom. The Bertz CT molecular complexity index is 511. The van der Waals surface area contributed by atoms with E-state index in [1.54, 1.807) is 21.4 Å². The summed E-state index contributed by atoms with van der Waals surface area (Å²) in [5.74, 6) is 0. The molecule has 0 unspecified atom stereocenters. The summed E-state index contributed by atoms with van der Waals surface area (Å²) < 4.78 is 28.7. The third-order valence-electron chi connectivity index (χ3n) is 3.54. The molecule has 0 radical (unpaired) electrons. The Hall–Kier alpha value is -0.400. The quantitative estimate of drug-likeness (QED) is 0.709. The maximum Gasteiger partial charge on any atom is 0.262 e. The summed E-state index contributed by atoms with van der Waals surface area (Å²) in [6.45, 7) is 3.26. The number of aryl methyl sites for hydroxylation is 1. The van der Waals surface area contributed by atoms with Crippen molar-refractivity contribution in [2.24, 2.45) is 0 Å². The van der Waals surface area contributed by atoms with Crippen LogP contribution in [0.25, 0.3) is 0 Å². The van der Waals surface area contributed by atoms with E-state index in [4.69, 9.17) is 0 Å². The molecule has 0 aliphatic heterocycles. The van der Waals surface area contributed by atoms with Crippen LogP contribution in [0.15, 0.2) is 17.6 Å². The van der Waals surface area contributed by atoms with Crippen molar-refractivity contribution in [3.8, 4) is 0 Å². The van der Waals surface area contributed by atoms with Gasteiger partial charge < -0.3 is 4.57 Å². The van der Waals surface area contributed by atoms with Crippen LogP contribution in [0.1, 0.15) is 32.6 Å². The van der Waals surface area contributed by atoms with E-state index in [1.807, 2.05) is 6.92 Å². The molecular weight excluding hydrogens is 330 g/mol. The first-order chi connectivity index (χ1) is 9.09. The van der Waals surface area contributed by atoms with E-state index in [1.165, 1.54) is 0 Å². The summed E-state index contributed by atoms with van der Waals surface area (Å²) in [5.41, 5.74) is 0. The van der Waals surface area contributed by atoms with Crippen molar-refractivity contribution in [2.45, 2.75) is 50.2 Å². The number of rotatable bonds is 7. The topological polar surface area (TPSA) is 55.2 Å². The summed E-state index contributed by atoms with van der Waals surface area (Å²) in [7, 11) is -3.44. The molecular formula is C12H20BrN3O2S. The number of hydrogen-bond acceptors (Lipinski definition) is 3. The van der Waals surface area contributed by atoms with E-state index in [0.29, 0.717) is 6.54 Å². The summed E-state index contributed by atoms with van der Waals surface area (Å²) in [6, 6.07) is 0.163. The first-order valence-corrected chi connectivity index (χ1v) is 9.25. The maximum atomic E-state index is 12.6. The highest BCUT2D eigenvalue weighted by Gasteiger charge is 2.35. The van der Waals surface area contributed by atoms with Crippen molar-refractivity contribution in [1.29, 1.82) is 0 Å². The maximum absolute atomic E-state index is 12.6. The van der Waals surface area contributed by atoms with Crippen molar-refractivity contribution in [1.82, 2.24) is 13.9 Å². The van der Waals surface area contributed by atoms with Gasteiger partial charge in [0, 0.05) is 30.7 Å². The molecule has 1 saturated carbocycles. The standard InChI is InChI=1S/C12H20BrN3O2S/c1-2-15-9-12(14-10-15)19(17,18)16(8-4-7-13)11-5-3-6-11/h9-11H,2-8H2,1H3. The van der Waals surface area contributed by atoms with Crippen LogP contribution in [0.3, 0.4) is 0 Å². The number of sulfonamides is 1. The average molecular weight is 350 g/mol. The zero-order chi connectivity index (χ0) is 13.9. The van der Waals surface area contributed by atoms with Gasteiger partial charge in [-0.2, -0.15) is 4.31 Å². The van der Waals surface area contributed by atoms with E-state index in [2.05, 4.69) is 20.9 Å². The van der Waals surface area contributed by atoms with Gasteiger partial charge in [0.25, 0.3) is 10.0 Å². The zero-order valence-corrected chi connectivity index (χ0v) is 13.5. The molecule has 1 heterocycles. The molecule has 1 aromatic heterocycles. The van der Waals surface area contributed by atoms with Gasteiger partial charge in [0.1, 0.15) is 0 Å². The lowest BCUT2D eigenvalue weighted by Gasteiger charge is -2.35. The Balaban J connectivity index is 2.22. The van der Waals surface area contributed by atoms with Gasteiger partial charge in [-0.15, -0.1) is 0 Å². The smallest absolute Gasteiger partial charge is 0.262 e. The molecule has 7 heteroatoms. The normalized spacial score (nSPS) is 16.8. The molecule has 0 amide bonds. The first kappa shape index (κ1) is 15.0. The minimum atomic E-state index is -3.44. The average Bonchev–Trinajstić information content (AvgIpc) is 2.81. The zero-order valence-electron chi connectivity index (χ0n) is 11.1. The van der Waals surface area contributed by atoms with E-state index < -0.39 is 10.0 Å². The molecule has 1 aliphatic rings. The number of nitrogens with zero attached hydrogens (tertiary/aromatic N) is 3. The SMILES string of the molecule is CCn1cnc(S(=O)(=O)N(CCCBr)C2CCC2)c1. The molecule has 1 aliphatic carbocycles. The molecule has 19 heavy (non-hydrogen) atoms. The summed E-state index contributed by atoms with van der Waals surface area (Å²) >= 11 is 3.36. The second-order valence-corrected chi connectivity index (χ2v) is 7.42. The predicted octanol–water partition coefficient (Wildman–Crippen LogP) is 2.23.